The predicted octanol–water partition coefficient (Wildman–Crippen LogP) is 4.06. The van der Waals surface area contributed by atoms with E-state index in [1.54, 1.807) is 43.9 Å². The van der Waals surface area contributed by atoms with Crippen molar-refractivity contribution < 1.29 is 18.7 Å². The molecule has 156 valence electrons. The smallest absolute Gasteiger partial charge is 0.412 e. The number of hydrogen-bond acceptors (Lipinski definition) is 5. The average molecular weight is 411 g/mol. The molecule has 1 heterocycles. The molecule has 0 saturated heterocycles. The van der Waals surface area contributed by atoms with Crippen molar-refractivity contribution in [3.8, 4) is 0 Å². The molecule has 2 amide bonds. The first-order valence-electron chi connectivity index (χ1n) is 9.22. The largest absolute Gasteiger partial charge is 0.444 e. The SMILES string of the molecule is CC(C)(C)OC(=O)Nc1cc(NC(=O)c2ccc(Cn3cncn3)cc2)ccc1F. The first-order chi connectivity index (χ1) is 14.2. The predicted molar refractivity (Wildman–Crippen MR) is 110 cm³/mol. The van der Waals surface area contributed by atoms with Crippen LogP contribution in [0.2, 0.25) is 0 Å². The van der Waals surface area contributed by atoms with Crippen molar-refractivity contribution in [3.05, 3.63) is 72.1 Å². The minimum Gasteiger partial charge on any atom is -0.444 e. The van der Waals surface area contributed by atoms with E-state index in [0.717, 1.165) is 11.6 Å². The van der Waals surface area contributed by atoms with Gasteiger partial charge in [0.15, 0.2) is 0 Å². The van der Waals surface area contributed by atoms with Gasteiger partial charge in [-0.2, -0.15) is 5.10 Å². The monoisotopic (exact) mass is 411 g/mol. The number of benzene rings is 2. The Morgan fingerprint density at radius 3 is 2.47 bits per heavy atom. The van der Waals surface area contributed by atoms with Crippen molar-refractivity contribution in [2.75, 3.05) is 10.6 Å². The highest BCUT2D eigenvalue weighted by Gasteiger charge is 2.18. The minimum atomic E-state index is -0.784. The number of hydrogen-bond donors (Lipinski definition) is 2. The van der Waals surface area contributed by atoms with Crippen LogP contribution in [0.25, 0.3) is 0 Å². The molecule has 30 heavy (non-hydrogen) atoms. The lowest BCUT2D eigenvalue weighted by Crippen LogP contribution is -2.27. The zero-order chi connectivity index (χ0) is 21.7. The van der Waals surface area contributed by atoms with Crippen LogP contribution in [0.5, 0.6) is 0 Å². The zero-order valence-electron chi connectivity index (χ0n) is 16.8. The van der Waals surface area contributed by atoms with E-state index in [4.69, 9.17) is 4.74 Å². The normalized spacial score (nSPS) is 11.1. The molecule has 0 fully saturated rings. The molecule has 3 aromatic rings. The molecule has 0 atom stereocenters. The number of aromatic nitrogens is 3. The second-order valence-corrected chi connectivity index (χ2v) is 7.57. The zero-order valence-corrected chi connectivity index (χ0v) is 16.8. The van der Waals surface area contributed by atoms with Gasteiger partial charge in [-0.3, -0.25) is 10.1 Å². The lowest BCUT2D eigenvalue weighted by Gasteiger charge is -2.20. The summed E-state index contributed by atoms with van der Waals surface area (Å²) in [6, 6.07) is 10.9. The van der Waals surface area contributed by atoms with Gasteiger partial charge in [-0.25, -0.2) is 18.9 Å². The van der Waals surface area contributed by atoms with Crippen molar-refractivity contribution in [2.24, 2.45) is 0 Å². The van der Waals surface area contributed by atoms with E-state index in [-0.39, 0.29) is 11.6 Å². The molecule has 0 spiro atoms. The maximum absolute atomic E-state index is 14.0. The molecule has 3 rings (SSSR count). The fraction of sp³-hybridized carbons (Fsp3) is 0.238. The highest BCUT2D eigenvalue weighted by Crippen LogP contribution is 2.21. The molecule has 9 heteroatoms. The fourth-order valence-corrected chi connectivity index (χ4v) is 2.58. The van der Waals surface area contributed by atoms with E-state index in [2.05, 4.69) is 20.7 Å². The maximum atomic E-state index is 14.0. The summed E-state index contributed by atoms with van der Waals surface area (Å²) >= 11 is 0. The quantitative estimate of drug-likeness (QED) is 0.660. The summed E-state index contributed by atoms with van der Waals surface area (Å²) in [5.41, 5.74) is 0.919. The number of rotatable bonds is 5. The Morgan fingerprint density at radius 2 is 1.83 bits per heavy atom. The van der Waals surface area contributed by atoms with Gasteiger partial charge in [-0.1, -0.05) is 12.1 Å². The number of anilines is 2. The van der Waals surface area contributed by atoms with Gasteiger partial charge >= 0.3 is 6.09 Å². The Kier molecular flexibility index (Phi) is 6.10. The Morgan fingerprint density at radius 1 is 1.10 bits per heavy atom. The number of carbonyl (C=O) groups is 2. The van der Waals surface area contributed by atoms with Crippen LogP contribution in [0.3, 0.4) is 0 Å². The molecule has 0 radical (unpaired) electrons. The molecule has 1 aromatic heterocycles. The molecule has 0 bridgehead atoms. The van der Waals surface area contributed by atoms with Crippen LogP contribution in [-0.4, -0.2) is 32.4 Å². The van der Waals surface area contributed by atoms with Crippen LogP contribution in [0.1, 0.15) is 36.7 Å². The maximum Gasteiger partial charge on any atom is 0.412 e. The van der Waals surface area contributed by atoms with E-state index in [0.29, 0.717) is 17.8 Å². The summed E-state index contributed by atoms with van der Waals surface area (Å²) in [7, 11) is 0. The molecule has 2 N–H and O–H groups in total. The summed E-state index contributed by atoms with van der Waals surface area (Å²) in [4.78, 5) is 28.3. The molecule has 0 aliphatic heterocycles. The summed E-state index contributed by atoms with van der Waals surface area (Å²) in [6.45, 7) is 5.66. The van der Waals surface area contributed by atoms with Gasteiger partial charge in [0.05, 0.1) is 12.2 Å². The van der Waals surface area contributed by atoms with Crippen LogP contribution in [0.15, 0.2) is 55.1 Å². The van der Waals surface area contributed by atoms with Crippen LogP contribution in [0.4, 0.5) is 20.6 Å². The average Bonchev–Trinajstić information content (AvgIpc) is 3.16. The van der Waals surface area contributed by atoms with Crippen molar-refractivity contribution >= 4 is 23.4 Å². The summed E-state index contributed by atoms with van der Waals surface area (Å²) in [5.74, 6) is -1.01. The highest BCUT2D eigenvalue weighted by atomic mass is 19.1. The second-order valence-electron chi connectivity index (χ2n) is 7.57. The molecular weight excluding hydrogens is 389 g/mol. The van der Waals surface area contributed by atoms with Gasteiger partial charge < -0.3 is 10.1 Å². The molecule has 8 nitrogen and oxygen atoms in total. The highest BCUT2D eigenvalue weighted by molar-refractivity contribution is 6.04. The standard InChI is InChI=1S/C21H22FN5O3/c1-21(2,3)30-20(29)26-18-10-16(8-9-17(18)22)25-19(28)15-6-4-14(5-7-15)11-27-13-23-12-24-27/h4-10,12-13H,11H2,1-3H3,(H,25,28)(H,26,29). The van der Waals surface area contributed by atoms with Gasteiger partial charge in [-0.05, 0) is 56.7 Å². The summed E-state index contributed by atoms with van der Waals surface area (Å²) in [5, 5.41) is 9.07. The van der Waals surface area contributed by atoms with E-state index >= 15 is 0 Å². The first kappa shape index (κ1) is 21.0. The van der Waals surface area contributed by atoms with E-state index in [1.165, 1.54) is 18.5 Å². The van der Waals surface area contributed by atoms with Gasteiger partial charge in [0.2, 0.25) is 0 Å². The topological polar surface area (TPSA) is 98.1 Å². The lowest BCUT2D eigenvalue weighted by atomic mass is 10.1. The van der Waals surface area contributed by atoms with Crippen LogP contribution < -0.4 is 10.6 Å². The van der Waals surface area contributed by atoms with Crippen molar-refractivity contribution in [2.45, 2.75) is 32.9 Å². The third kappa shape index (κ3) is 5.87. The van der Waals surface area contributed by atoms with Gasteiger partial charge in [0.25, 0.3) is 5.91 Å². The van der Waals surface area contributed by atoms with Crippen LogP contribution in [-0.2, 0) is 11.3 Å². The summed E-state index contributed by atoms with van der Waals surface area (Å²) in [6.07, 6.45) is 2.28. The number of amides is 2. The Labute approximate surface area is 173 Å². The molecule has 0 aliphatic carbocycles. The van der Waals surface area contributed by atoms with E-state index in [1.807, 2.05) is 12.1 Å². The number of halogens is 1. The third-order valence-corrected chi connectivity index (χ3v) is 3.89. The molecule has 0 aliphatic rings. The molecule has 2 aromatic carbocycles. The third-order valence-electron chi connectivity index (χ3n) is 3.89. The number of ether oxygens (including phenoxy) is 1. The Bertz CT molecular complexity index is 1030. The van der Waals surface area contributed by atoms with Gasteiger partial charge in [-0.15, -0.1) is 0 Å². The van der Waals surface area contributed by atoms with Crippen LogP contribution in [0, 0.1) is 5.82 Å². The van der Waals surface area contributed by atoms with Crippen molar-refractivity contribution in [1.29, 1.82) is 0 Å². The minimum absolute atomic E-state index is 0.0924. The molecule has 0 unspecified atom stereocenters. The Hall–Kier alpha value is -3.75. The summed E-state index contributed by atoms with van der Waals surface area (Å²) < 4.78 is 20.8. The molecular formula is C21H22FN5O3. The van der Waals surface area contributed by atoms with Gasteiger partial charge in [0, 0.05) is 11.3 Å². The van der Waals surface area contributed by atoms with Crippen molar-refractivity contribution in [3.63, 3.8) is 0 Å². The van der Waals surface area contributed by atoms with E-state index in [9.17, 15) is 14.0 Å². The first-order valence-corrected chi connectivity index (χ1v) is 9.22. The van der Waals surface area contributed by atoms with E-state index < -0.39 is 17.5 Å². The Balaban J connectivity index is 1.65. The number of carbonyl (C=O) groups excluding carboxylic acids is 2. The second kappa shape index (κ2) is 8.73. The fourth-order valence-electron chi connectivity index (χ4n) is 2.58. The van der Waals surface area contributed by atoms with Crippen molar-refractivity contribution in [1.82, 2.24) is 14.8 Å². The number of nitrogens with zero attached hydrogens (tertiary/aromatic N) is 3. The number of nitrogens with one attached hydrogen (secondary N) is 2. The lowest BCUT2D eigenvalue weighted by molar-refractivity contribution is 0.0635. The van der Waals surface area contributed by atoms with Crippen LogP contribution >= 0.6 is 0 Å². The van der Waals surface area contributed by atoms with Gasteiger partial charge in [0.1, 0.15) is 24.1 Å². The molecule has 0 saturated carbocycles.